The van der Waals surface area contributed by atoms with E-state index in [4.69, 9.17) is 20.9 Å². The number of benzene rings is 1. The van der Waals surface area contributed by atoms with E-state index in [1.54, 1.807) is 13.2 Å². The second-order valence-electron chi connectivity index (χ2n) is 12.8. The number of nitrogens with two attached hydrogens (primary N) is 2. The Hall–Kier alpha value is -2.80. The van der Waals surface area contributed by atoms with E-state index in [2.05, 4.69) is 31.0 Å². The Morgan fingerprint density at radius 1 is 1.19 bits per heavy atom. The number of hydrogen-bond acceptors (Lipinski definition) is 5. The lowest BCUT2D eigenvalue weighted by Crippen LogP contribution is -2.38. The number of carbonyl (C=O) groups is 1. The van der Waals surface area contributed by atoms with E-state index < -0.39 is 0 Å². The molecule has 0 spiro atoms. The minimum absolute atomic E-state index is 0.0722. The molecule has 3 aliphatic rings. The summed E-state index contributed by atoms with van der Waals surface area (Å²) in [7, 11) is 1.76. The van der Waals surface area contributed by atoms with Crippen molar-refractivity contribution in [1.29, 1.82) is 0 Å². The van der Waals surface area contributed by atoms with Gasteiger partial charge in [0.15, 0.2) is 23.2 Å². The van der Waals surface area contributed by atoms with Gasteiger partial charge in [-0.3, -0.25) is 9.79 Å². The van der Waals surface area contributed by atoms with Crippen molar-refractivity contribution in [2.75, 3.05) is 20.3 Å². The molecule has 5 N–H and O–H groups in total. The number of ether oxygens (including phenoxy) is 2. The summed E-state index contributed by atoms with van der Waals surface area (Å²) in [4.78, 5) is 16.9. The summed E-state index contributed by atoms with van der Waals surface area (Å²) >= 11 is 0. The zero-order valence-electron chi connectivity index (χ0n) is 26.0. The van der Waals surface area contributed by atoms with Gasteiger partial charge in [-0.05, 0) is 112 Å². The van der Waals surface area contributed by atoms with Crippen LogP contribution < -0.4 is 16.2 Å². The number of fused-ring (bicyclic) bond motifs is 1. The molecule has 1 aromatic carbocycles. The molecule has 0 aromatic heterocycles. The number of nitrogens with zero attached hydrogens (tertiary/aromatic N) is 1. The van der Waals surface area contributed by atoms with Crippen LogP contribution >= 0.6 is 0 Å². The second kappa shape index (κ2) is 15.6. The van der Waals surface area contributed by atoms with E-state index in [-0.39, 0.29) is 41.3 Å². The average molecular weight is 580 g/mol. The largest absolute Gasteiger partial charge is 0.504 e. The number of carbonyl (C=O) groups excluding carboxylic acids is 1. The van der Waals surface area contributed by atoms with Crippen molar-refractivity contribution >= 4 is 11.7 Å². The third kappa shape index (κ3) is 8.40. The SMILES string of the molecule is CCCC=CC(=O)CCc1cc(OC2CCCC2)c(O)c(C2C3CC(C)CCC3=CC(CCN=C(N)N)C2COC)c1. The molecule has 7 nitrogen and oxygen atoms in total. The van der Waals surface area contributed by atoms with Crippen molar-refractivity contribution in [3.63, 3.8) is 0 Å². The second-order valence-corrected chi connectivity index (χ2v) is 12.8. The van der Waals surface area contributed by atoms with Crippen molar-refractivity contribution < 1.29 is 19.4 Å². The molecule has 1 aromatic rings. The van der Waals surface area contributed by atoms with Gasteiger partial charge in [0, 0.05) is 25.6 Å². The molecule has 0 bridgehead atoms. The molecule has 2 fully saturated rings. The molecular formula is C35H53N3O4. The first kappa shape index (κ1) is 32.1. The Bertz CT molecular complexity index is 1130. The molecule has 3 aliphatic carbocycles. The fraction of sp³-hybridized carbons (Fsp3) is 0.657. The number of unbranched alkanes of at least 4 members (excludes halogenated alkanes) is 1. The van der Waals surface area contributed by atoms with Crippen LogP contribution in [0.2, 0.25) is 0 Å². The predicted molar refractivity (Wildman–Crippen MR) is 170 cm³/mol. The first-order valence-electron chi connectivity index (χ1n) is 16.3. The normalized spacial score (nSPS) is 26.2. The minimum atomic E-state index is 0.0722. The van der Waals surface area contributed by atoms with Crippen LogP contribution in [0.15, 0.2) is 40.9 Å². The fourth-order valence-electron chi connectivity index (χ4n) is 7.45. The number of phenolic OH excluding ortho intramolecular Hbond substituents is 1. The summed E-state index contributed by atoms with van der Waals surface area (Å²) < 4.78 is 12.3. The molecule has 0 saturated heterocycles. The molecular weight excluding hydrogens is 526 g/mol. The molecule has 0 heterocycles. The number of allylic oxidation sites excluding steroid dienone is 4. The Kier molecular flexibility index (Phi) is 11.9. The third-order valence-corrected chi connectivity index (χ3v) is 9.59. The Labute approximate surface area is 252 Å². The Morgan fingerprint density at radius 3 is 2.69 bits per heavy atom. The zero-order valence-corrected chi connectivity index (χ0v) is 26.0. The number of aliphatic imine (C=N–C) groups is 1. The Balaban J connectivity index is 1.74. The topological polar surface area (TPSA) is 120 Å². The van der Waals surface area contributed by atoms with E-state index in [1.807, 2.05) is 12.1 Å². The number of methoxy groups -OCH3 is 1. The standard InChI is InChI=1S/C35H53N3O4/c1-4-5-6-9-27(39)15-13-24-19-30(34(40)32(20-24)42-28-10-7-8-11-28)33-29-18-23(2)12-14-25(29)21-26(31(33)22-41-3)16-17-38-35(36)37/h6,9,19-21,23,26,28-29,31,33,40H,4-5,7-8,10-18,22H2,1-3H3,(H4,36,37,38). The Morgan fingerprint density at radius 2 is 1.98 bits per heavy atom. The molecule has 5 unspecified atom stereocenters. The van der Waals surface area contributed by atoms with Gasteiger partial charge >= 0.3 is 0 Å². The molecule has 0 aliphatic heterocycles. The summed E-state index contributed by atoms with van der Waals surface area (Å²) in [6, 6.07) is 4.13. The molecule has 4 rings (SSSR count). The smallest absolute Gasteiger partial charge is 0.185 e. The molecule has 5 atom stereocenters. The number of rotatable bonds is 14. The molecule has 0 amide bonds. The van der Waals surface area contributed by atoms with Gasteiger partial charge in [-0.15, -0.1) is 0 Å². The average Bonchev–Trinajstić information content (AvgIpc) is 3.47. The van der Waals surface area contributed by atoms with E-state index >= 15 is 0 Å². The molecule has 7 heteroatoms. The van der Waals surface area contributed by atoms with E-state index in [0.29, 0.717) is 43.6 Å². The van der Waals surface area contributed by atoms with Gasteiger partial charge in [0.25, 0.3) is 0 Å². The van der Waals surface area contributed by atoms with Crippen LogP contribution in [-0.2, 0) is 16.0 Å². The predicted octanol–water partition coefficient (Wildman–Crippen LogP) is 6.57. The maximum absolute atomic E-state index is 12.6. The van der Waals surface area contributed by atoms with Crippen molar-refractivity contribution in [3.05, 3.63) is 47.1 Å². The van der Waals surface area contributed by atoms with Gasteiger partial charge in [-0.25, -0.2) is 0 Å². The number of aryl methyl sites for hydroxylation is 1. The summed E-state index contributed by atoms with van der Waals surface area (Å²) in [6.07, 6.45) is 17.8. The van der Waals surface area contributed by atoms with Gasteiger partial charge in [0.1, 0.15) is 0 Å². The van der Waals surface area contributed by atoms with Crippen molar-refractivity contribution in [2.45, 2.75) is 103 Å². The third-order valence-electron chi connectivity index (χ3n) is 9.59. The minimum Gasteiger partial charge on any atom is -0.504 e. The lowest BCUT2D eigenvalue weighted by atomic mass is 9.59. The van der Waals surface area contributed by atoms with Gasteiger partial charge in [-0.1, -0.05) is 44.1 Å². The summed E-state index contributed by atoms with van der Waals surface area (Å²) in [5.41, 5.74) is 14.8. The quantitative estimate of drug-likeness (QED) is 0.0992. The van der Waals surface area contributed by atoms with Crippen LogP contribution in [0.5, 0.6) is 11.5 Å². The molecule has 2 saturated carbocycles. The molecule has 42 heavy (non-hydrogen) atoms. The number of guanidine groups is 1. The lowest BCUT2D eigenvalue weighted by molar-refractivity contribution is -0.114. The number of phenols is 1. The lowest BCUT2D eigenvalue weighted by Gasteiger charge is -2.46. The highest BCUT2D eigenvalue weighted by molar-refractivity contribution is 5.89. The van der Waals surface area contributed by atoms with Crippen LogP contribution in [0, 0.1) is 23.7 Å². The van der Waals surface area contributed by atoms with Gasteiger partial charge in [-0.2, -0.15) is 0 Å². The van der Waals surface area contributed by atoms with Crippen LogP contribution in [-0.4, -0.2) is 43.2 Å². The number of aromatic hydroxyl groups is 1. The highest BCUT2D eigenvalue weighted by Gasteiger charge is 2.44. The maximum Gasteiger partial charge on any atom is 0.185 e. The van der Waals surface area contributed by atoms with Crippen molar-refractivity contribution in [1.82, 2.24) is 0 Å². The highest BCUT2D eigenvalue weighted by atomic mass is 16.5. The fourth-order valence-corrected chi connectivity index (χ4v) is 7.45. The van der Waals surface area contributed by atoms with Crippen molar-refractivity contribution in [2.24, 2.45) is 40.1 Å². The van der Waals surface area contributed by atoms with E-state index in [1.165, 1.54) is 12.0 Å². The van der Waals surface area contributed by atoms with Gasteiger partial charge in [0.05, 0.1) is 12.7 Å². The summed E-state index contributed by atoms with van der Waals surface area (Å²) in [5.74, 6) is 2.47. The molecule has 0 radical (unpaired) electrons. The van der Waals surface area contributed by atoms with Gasteiger partial charge < -0.3 is 26.0 Å². The van der Waals surface area contributed by atoms with Crippen LogP contribution in [0.25, 0.3) is 0 Å². The number of ketones is 1. The monoisotopic (exact) mass is 579 g/mol. The highest BCUT2D eigenvalue weighted by Crippen LogP contribution is 2.55. The summed E-state index contributed by atoms with van der Waals surface area (Å²) in [5, 5.41) is 11.9. The van der Waals surface area contributed by atoms with Gasteiger partial charge in [0.2, 0.25) is 0 Å². The summed E-state index contributed by atoms with van der Waals surface area (Å²) in [6.45, 7) is 5.59. The zero-order chi connectivity index (χ0) is 30.1. The maximum atomic E-state index is 12.6. The van der Waals surface area contributed by atoms with Crippen LogP contribution in [0.4, 0.5) is 0 Å². The first-order chi connectivity index (χ1) is 20.3. The molecule has 232 valence electrons. The first-order valence-corrected chi connectivity index (χ1v) is 16.3. The van der Waals surface area contributed by atoms with Crippen LogP contribution in [0.1, 0.15) is 102 Å². The van der Waals surface area contributed by atoms with Crippen LogP contribution in [0.3, 0.4) is 0 Å². The number of hydrogen-bond donors (Lipinski definition) is 3. The van der Waals surface area contributed by atoms with E-state index in [0.717, 1.165) is 68.9 Å². The van der Waals surface area contributed by atoms with Crippen molar-refractivity contribution in [3.8, 4) is 11.5 Å². The van der Waals surface area contributed by atoms with E-state index in [9.17, 15) is 9.90 Å².